The molecule has 0 bridgehead atoms. The summed E-state index contributed by atoms with van der Waals surface area (Å²) in [5.74, 6) is -1.24. The SMILES string of the molecule is CCC(C)(CNC(=O)c1ccc(Br)nc1)C(=O)O. The molecule has 0 spiro atoms. The molecule has 0 aliphatic rings. The summed E-state index contributed by atoms with van der Waals surface area (Å²) in [6.45, 7) is 3.48. The fourth-order valence-corrected chi connectivity index (χ4v) is 1.47. The van der Waals surface area contributed by atoms with Crippen molar-refractivity contribution in [3.63, 3.8) is 0 Å². The summed E-state index contributed by atoms with van der Waals surface area (Å²) in [5, 5.41) is 11.7. The Bertz CT molecular complexity index is 447. The first kappa shape index (κ1) is 14.6. The van der Waals surface area contributed by atoms with E-state index in [2.05, 4.69) is 26.2 Å². The van der Waals surface area contributed by atoms with E-state index in [9.17, 15) is 9.59 Å². The quantitative estimate of drug-likeness (QED) is 0.815. The van der Waals surface area contributed by atoms with Crippen LogP contribution in [0.25, 0.3) is 0 Å². The van der Waals surface area contributed by atoms with Crippen LogP contribution in [-0.4, -0.2) is 28.5 Å². The second-order valence-electron chi connectivity index (χ2n) is 4.27. The van der Waals surface area contributed by atoms with Gasteiger partial charge < -0.3 is 10.4 Å². The molecule has 0 saturated heterocycles. The van der Waals surface area contributed by atoms with Crippen molar-refractivity contribution in [2.75, 3.05) is 6.54 Å². The van der Waals surface area contributed by atoms with Crippen molar-refractivity contribution in [3.8, 4) is 0 Å². The minimum absolute atomic E-state index is 0.0910. The van der Waals surface area contributed by atoms with Crippen molar-refractivity contribution in [2.24, 2.45) is 5.41 Å². The van der Waals surface area contributed by atoms with Gasteiger partial charge in [-0.3, -0.25) is 9.59 Å². The summed E-state index contributed by atoms with van der Waals surface area (Å²) in [6.07, 6.45) is 1.88. The third kappa shape index (κ3) is 3.53. The Morgan fingerprint density at radius 3 is 2.61 bits per heavy atom. The molecular formula is C12H15BrN2O3. The number of halogens is 1. The summed E-state index contributed by atoms with van der Waals surface area (Å²) in [6, 6.07) is 3.28. The summed E-state index contributed by atoms with van der Waals surface area (Å²) < 4.78 is 0.642. The van der Waals surface area contributed by atoms with E-state index in [1.54, 1.807) is 26.0 Å². The fraction of sp³-hybridized carbons (Fsp3) is 0.417. The van der Waals surface area contributed by atoms with E-state index >= 15 is 0 Å². The molecule has 1 aromatic heterocycles. The minimum atomic E-state index is -0.946. The highest BCUT2D eigenvalue weighted by molar-refractivity contribution is 9.10. The monoisotopic (exact) mass is 314 g/mol. The first-order chi connectivity index (χ1) is 8.39. The third-order valence-electron chi connectivity index (χ3n) is 2.93. The average molecular weight is 315 g/mol. The molecule has 1 unspecified atom stereocenters. The second kappa shape index (κ2) is 5.95. The van der Waals surface area contributed by atoms with E-state index in [-0.39, 0.29) is 12.5 Å². The molecule has 1 atom stereocenters. The Balaban J connectivity index is 2.66. The predicted octanol–water partition coefficient (Wildman–Crippen LogP) is 2.07. The van der Waals surface area contributed by atoms with Crippen LogP contribution < -0.4 is 5.32 Å². The van der Waals surface area contributed by atoms with Crippen LogP contribution in [0.5, 0.6) is 0 Å². The summed E-state index contributed by atoms with van der Waals surface area (Å²) in [5.41, 5.74) is -0.541. The number of aliphatic carboxylic acids is 1. The summed E-state index contributed by atoms with van der Waals surface area (Å²) >= 11 is 3.18. The Kier molecular flexibility index (Phi) is 4.84. The molecule has 1 heterocycles. The molecule has 1 amide bonds. The lowest BCUT2D eigenvalue weighted by Crippen LogP contribution is -2.40. The number of amides is 1. The van der Waals surface area contributed by atoms with Gasteiger partial charge >= 0.3 is 5.97 Å². The average Bonchev–Trinajstić information content (AvgIpc) is 2.36. The zero-order chi connectivity index (χ0) is 13.8. The molecule has 0 saturated carbocycles. The van der Waals surface area contributed by atoms with Crippen LogP contribution in [0.1, 0.15) is 30.6 Å². The fourth-order valence-electron chi connectivity index (χ4n) is 1.24. The number of pyridine rings is 1. The van der Waals surface area contributed by atoms with E-state index in [0.717, 1.165) is 0 Å². The molecule has 0 aliphatic heterocycles. The molecule has 18 heavy (non-hydrogen) atoms. The maximum Gasteiger partial charge on any atom is 0.311 e. The van der Waals surface area contributed by atoms with Crippen molar-refractivity contribution < 1.29 is 14.7 Å². The standard InChI is InChI=1S/C12H15BrN2O3/c1-3-12(2,11(17)18)7-15-10(16)8-4-5-9(13)14-6-8/h4-6H,3,7H2,1-2H3,(H,15,16)(H,17,18). The van der Waals surface area contributed by atoms with Crippen molar-refractivity contribution >= 4 is 27.8 Å². The first-order valence-corrected chi connectivity index (χ1v) is 6.31. The predicted molar refractivity (Wildman–Crippen MR) is 70.3 cm³/mol. The topological polar surface area (TPSA) is 79.3 Å². The maximum atomic E-state index is 11.8. The van der Waals surface area contributed by atoms with Crippen LogP contribution in [0.4, 0.5) is 0 Å². The van der Waals surface area contributed by atoms with E-state index < -0.39 is 11.4 Å². The number of carboxylic acids is 1. The number of nitrogens with zero attached hydrogens (tertiary/aromatic N) is 1. The number of rotatable bonds is 5. The summed E-state index contributed by atoms with van der Waals surface area (Å²) in [4.78, 5) is 26.8. The number of hydrogen-bond acceptors (Lipinski definition) is 3. The van der Waals surface area contributed by atoms with E-state index in [0.29, 0.717) is 16.6 Å². The zero-order valence-electron chi connectivity index (χ0n) is 10.2. The van der Waals surface area contributed by atoms with Crippen molar-refractivity contribution in [2.45, 2.75) is 20.3 Å². The van der Waals surface area contributed by atoms with Crippen LogP contribution in [0.3, 0.4) is 0 Å². The van der Waals surface area contributed by atoms with Gasteiger partial charge in [0.2, 0.25) is 0 Å². The number of carbonyl (C=O) groups excluding carboxylic acids is 1. The maximum absolute atomic E-state index is 11.8. The molecule has 98 valence electrons. The highest BCUT2D eigenvalue weighted by Gasteiger charge is 2.31. The number of hydrogen-bond donors (Lipinski definition) is 2. The van der Waals surface area contributed by atoms with Crippen LogP contribution in [0, 0.1) is 5.41 Å². The third-order valence-corrected chi connectivity index (χ3v) is 3.39. The second-order valence-corrected chi connectivity index (χ2v) is 5.08. The largest absolute Gasteiger partial charge is 0.481 e. The lowest BCUT2D eigenvalue weighted by atomic mass is 9.87. The molecule has 2 N–H and O–H groups in total. The van der Waals surface area contributed by atoms with Crippen LogP contribution in [0.15, 0.2) is 22.9 Å². The first-order valence-electron chi connectivity index (χ1n) is 5.52. The Morgan fingerprint density at radius 1 is 1.50 bits per heavy atom. The molecule has 0 fully saturated rings. The molecule has 0 aromatic carbocycles. The van der Waals surface area contributed by atoms with Gasteiger partial charge in [-0.15, -0.1) is 0 Å². The van der Waals surface area contributed by atoms with Gasteiger partial charge in [-0.25, -0.2) is 4.98 Å². The van der Waals surface area contributed by atoms with Gasteiger partial charge in [0.05, 0.1) is 11.0 Å². The van der Waals surface area contributed by atoms with Crippen molar-refractivity contribution in [1.82, 2.24) is 10.3 Å². The van der Waals surface area contributed by atoms with E-state index in [1.807, 2.05) is 0 Å². The van der Waals surface area contributed by atoms with Gasteiger partial charge in [0, 0.05) is 12.7 Å². The summed E-state index contributed by atoms with van der Waals surface area (Å²) in [7, 11) is 0. The zero-order valence-corrected chi connectivity index (χ0v) is 11.8. The molecular weight excluding hydrogens is 300 g/mol. The van der Waals surface area contributed by atoms with Crippen LogP contribution >= 0.6 is 15.9 Å². The van der Waals surface area contributed by atoms with E-state index in [1.165, 1.54) is 6.20 Å². The molecule has 6 heteroatoms. The van der Waals surface area contributed by atoms with Crippen molar-refractivity contribution in [3.05, 3.63) is 28.5 Å². The highest BCUT2D eigenvalue weighted by Crippen LogP contribution is 2.20. The van der Waals surface area contributed by atoms with E-state index in [4.69, 9.17) is 5.11 Å². The van der Waals surface area contributed by atoms with Gasteiger partial charge in [-0.1, -0.05) is 6.92 Å². The number of aromatic nitrogens is 1. The Labute approximate surface area is 114 Å². The lowest BCUT2D eigenvalue weighted by molar-refractivity contribution is -0.147. The molecule has 1 aromatic rings. The number of carbonyl (C=O) groups is 2. The van der Waals surface area contributed by atoms with Gasteiger partial charge in [-0.2, -0.15) is 0 Å². The molecule has 1 rings (SSSR count). The smallest absolute Gasteiger partial charge is 0.311 e. The van der Waals surface area contributed by atoms with Gasteiger partial charge in [0.25, 0.3) is 5.91 Å². The lowest BCUT2D eigenvalue weighted by Gasteiger charge is -2.23. The van der Waals surface area contributed by atoms with Gasteiger partial charge in [0.15, 0.2) is 0 Å². The highest BCUT2D eigenvalue weighted by atomic mass is 79.9. The van der Waals surface area contributed by atoms with Crippen LogP contribution in [-0.2, 0) is 4.79 Å². The van der Waals surface area contributed by atoms with Crippen LogP contribution in [0.2, 0.25) is 0 Å². The Morgan fingerprint density at radius 2 is 2.17 bits per heavy atom. The van der Waals surface area contributed by atoms with Gasteiger partial charge in [0.1, 0.15) is 4.60 Å². The van der Waals surface area contributed by atoms with Gasteiger partial charge in [-0.05, 0) is 41.4 Å². The van der Waals surface area contributed by atoms with Crippen molar-refractivity contribution in [1.29, 1.82) is 0 Å². The minimum Gasteiger partial charge on any atom is -0.481 e. The Hall–Kier alpha value is -1.43. The molecule has 0 aliphatic carbocycles. The number of carboxylic acid groups (broad SMARTS) is 1. The number of nitrogens with one attached hydrogen (secondary N) is 1. The molecule has 5 nitrogen and oxygen atoms in total. The normalized spacial score (nSPS) is 13.7. The molecule has 0 radical (unpaired) electrons.